The largest absolute Gasteiger partial charge is 0.497 e. The molecule has 1 aliphatic rings. The van der Waals surface area contributed by atoms with Crippen molar-refractivity contribution < 1.29 is 9.15 Å². The molecule has 5 heteroatoms. The highest BCUT2D eigenvalue weighted by molar-refractivity contribution is 5.55. The van der Waals surface area contributed by atoms with Gasteiger partial charge in [0.15, 0.2) is 0 Å². The molecular formula is C13H15N3O2. The van der Waals surface area contributed by atoms with E-state index >= 15 is 0 Å². The second-order valence-electron chi connectivity index (χ2n) is 4.33. The summed E-state index contributed by atoms with van der Waals surface area (Å²) in [7, 11) is 1.64. The standard InChI is InChI=1S/C13H15N3O2/c1-17-10-5-2-4-9(8-10)12-15-16-13(18-12)11-6-3-7-14-11/h2,4-5,8,11,14H,3,6-7H2,1H3. The fourth-order valence-electron chi connectivity index (χ4n) is 2.14. The Morgan fingerprint density at radius 2 is 2.33 bits per heavy atom. The number of ether oxygens (including phenoxy) is 1. The highest BCUT2D eigenvalue weighted by Gasteiger charge is 2.22. The van der Waals surface area contributed by atoms with Gasteiger partial charge in [0.05, 0.1) is 13.2 Å². The van der Waals surface area contributed by atoms with Crippen molar-refractivity contribution in [2.24, 2.45) is 0 Å². The first-order valence-electron chi connectivity index (χ1n) is 6.08. The molecule has 0 radical (unpaired) electrons. The van der Waals surface area contributed by atoms with Gasteiger partial charge in [-0.2, -0.15) is 0 Å². The second kappa shape index (κ2) is 4.78. The van der Waals surface area contributed by atoms with Gasteiger partial charge in [0.1, 0.15) is 5.75 Å². The van der Waals surface area contributed by atoms with Gasteiger partial charge < -0.3 is 14.5 Å². The molecule has 1 saturated heterocycles. The van der Waals surface area contributed by atoms with E-state index in [0.29, 0.717) is 11.8 Å². The van der Waals surface area contributed by atoms with Crippen molar-refractivity contribution in [3.05, 3.63) is 30.2 Å². The maximum atomic E-state index is 5.71. The Balaban J connectivity index is 1.87. The van der Waals surface area contributed by atoms with Crippen LogP contribution >= 0.6 is 0 Å². The SMILES string of the molecule is COc1cccc(-c2nnc(C3CCCN3)o2)c1. The maximum Gasteiger partial charge on any atom is 0.247 e. The van der Waals surface area contributed by atoms with Crippen LogP contribution in [0.4, 0.5) is 0 Å². The van der Waals surface area contributed by atoms with Crippen molar-refractivity contribution in [1.29, 1.82) is 0 Å². The zero-order valence-corrected chi connectivity index (χ0v) is 10.2. The minimum absolute atomic E-state index is 0.205. The zero-order chi connectivity index (χ0) is 12.4. The summed E-state index contributed by atoms with van der Waals surface area (Å²) in [5.41, 5.74) is 0.881. The van der Waals surface area contributed by atoms with Gasteiger partial charge >= 0.3 is 0 Å². The molecule has 1 N–H and O–H groups in total. The van der Waals surface area contributed by atoms with Crippen LogP contribution in [0.25, 0.3) is 11.5 Å². The van der Waals surface area contributed by atoms with Gasteiger partial charge in [-0.05, 0) is 37.6 Å². The van der Waals surface area contributed by atoms with Gasteiger partial charge in [-0.1, -0.05) is 6.07 Å². The van der Waals surface area contributed by atoms with Crippen molar-refractivity contribution in [2.45, 2.75) is 18.9 Å². The van der Waals surface area contributed by atoms with Crippen LogP contribution in [0.2, 0.25) is 0 Å². The molecule has 0 amide bonds. The zero-order valence-electron chi connectivity index (χ0n) is 10.2. The molecule has 18 heavy (non-hydrogen) atoms. The molecule has 2 heterocycles. The van der Waals surface area contributed by atoms with Gasteiger partial charge in [0.25, 0.3) is 0 Å². The topological polar surface area (TPSA) is 60.2 Å². The predicted octanol–water partition coefficient (Wildman–Crippen LogP) is 2.17. The number of rotatable bonds is 3. The van der Waals surface area contributed by atoms with Gasteiger partial charge in [-0.3, -0.25) is 0 Å². The third kappa shape index (κ3) is 2.09. The molecular weight excluding hydrogens is 230 g/mol. The predicted molar refractivity (Wildman–Crippen MR) is 66.3 cm³/mol. The third-order valence-corrected chi connectivity index (χ3v) is 3.12. The molecule has 5 nitrogen and oxygen atoms in total. The van der Waals surface area contributed by atoms with E-state index in [2.05, 4.69) is 15.5 Å². The first-order valence-corrected chi connectivity index (χ1v) is 6.08. The van der Waals surface area contributed by atoms with Crippen LogP contribution in [0, 0.1) is 0 Å². The average Bonchev–Trinajstić information content (AvgIpc) is 3.09. The number of hydrogen-bond donors (Lipinski definition) is 1. The van der Waals surface area contributed by atoms with Crippen LogP contribution in [0.3, 0.4) is 0 Å². The highest BCUT2D eigenvalue weighted by atomic mass is 16.5. The van der Waals surface area contributed by atoms with E-state index < -0.39 is 0 Å². The minimum atomic E-state index is 0.205. The minimum Gasteiger partial charge on any atom is -0.497 e. The fourth-order valence-corrected chi connectivity index (χ4v) is 2.14. The number of aromatic nitrogens is 2. The van der Waals surface area contributed by atoms with E-state index in [4.69, 9.17) is 9.15 Å². The smallest absolute Gasteiger partial charge is 0.247 e. The molecule has 1 fully saturated rings. The number of nitrogens with one attached hydrogen (secondary N) is 1. The Morgan fingerprint density at radius 1 is 1.39 bits per heavy atom. The summed E-state index contributed by atoms with van der Waals surface area (Å²) < 4.78 is 10.9. The number of nitrogens with zero attached hydrogens (tertiary/aromatic N) is 2. The normalized spacial score (nSPS) is 19.1. The molecule has 0 bridgehead atoms. The van der Waals surface area contributed by atoms with Gasteiger partial charge in [-0.15, -0.1) is 10.2 Å². The van der Waals surface area contributed by atoms with Crippen molar-refractivity contribution >= 4 is 0 Å². The van der Waals surface area contributed by atoms with Gasteiger partial charge in [0, 0.05) is 5.56 Å². The summed E-state index contributed by atoms with van der Waals surface area (Å²) >= 11 is 0. The van der Waals surface area contributed by atoms with Crippen LogP contribution in [0.1, 0.15) is 24.8 Å². The lowest BCUT2D eigenvalue weighted by atomic mass is 10.2. The molecule has 2 aromatic rings. The first-order chi connectivity index (χ1) is 8.86. The van der Waals surface area contributed by atoms with Crippen LogP contribution in [0.5, 0.6) is 5.75 Å². The van der Waals surface area contributed by atoms with E-state index in [0.717, 1.165) is 30.7 Å². The molecule has 94 valence electrons. The Labute approximate surface area is 105 Å². The number of hydrogen-bond acceptors (Lipinski definition) is 5. The summed E-state index contributed by atoms with van der Waals surface area (Å²) in [5, 5.41) is 11.5. The van der Waals surface area contributed by atoms with Crippen LogP contribution in [-0.4, -0.2) is 23.9 Å². The lowest BCUT2D eigenvalue weighted by Crippen LogP contribution is -2.12. The summed E-state index contributed by atoms with van der Waals surface area (Å²) in [6, 6.07) is 7.82. The Morgan fingerprint density at radius 3 is 3.11 bits per heavy atom. The first kappa shape index (κ1) is 11.2. The second-order valence-corrected chi connectivity index (χ2v) is 4.33. The summed E-state index contributed by atoms with van der Waals surface area (Å²) in [6.45, 7) is 1.02. The molecule has 0 saturated carbocycles. The van der Waals surface area contributed by atoms with E-state index in [-0.39, 0.29) is 6.04 Å². The molecule has 1 unspecified atom stereocenters. The molecule has 1 atom stereocenters. The molecule has 3 rings (SSSR count). The van der Waals surface area contributed by atoms with Crippen molar-refractivity contribution in [1.82, 2.24) is 15.5 Å². The molecule has 1 aromatic heterocycles. The Kier molecular flexibility index (Phi) is 2.98. The third-order valence-electron chi connectivity index (χ3n) is 3.12. The lowest BCUT2D eigenvalue weighted by molar-refractivity contribution is 0.414. The van der Waals surface area contributed by atoms with Crippen molar-refractivity contribution in [2.75, 3.05) is 13.7 Å². The van der Waals surface area contributed by atoms with Crippen molar-refractivity contribution in [3.63, 3.8) is 0 Å². The molecule has 1 aliphatic heterocycles. The highest BCUT2D eigenvalue weighted by Crippen LogP contribution is 2.27. The quantitative estimate of drug-likeness (QED) is 0.898. The maximum absolute atomic E-state index is 5.71. The van der Waals surface area contributed by atoms with Gasteiger partial charge in [-0.25, -0.2) is 0 Å². The van der Waals surface area contributed by atoms with Crippen LogP contribution < -0.4 is 10.1 Å². The average molecular weight is 245 g/mol. The van der Waals surface area contributed by atoms with E-state index in [1.807, 2.05) is 24.3 Å². The molecule has 1 aromatic carbocycles. The molecule has 0 aliphatic carbocycles. The van der Waals surface area contributed by atoms with Crippen LogP contribution in [0.15, 0.2) is 28.7 Å². The van der Waals surface area contributed by atoms with E-state index in [1.165, 1.54) is 0 Å². The summed E-state index contributed by atoms with van der Waals surface area (Å²) in [6.07, 6.45) is 2.21. The Bertz CT molecular complexity index is 533. The van der Waals surface area contributed by atoms with E-state index in [9.17, 15) is 0 Å². The summed E-state index contributed by atoms with van der Waals surface area (Å²) in [5.74, 6) is 1.99. The monoisotopic (exact) mass is 245 g/mol. The van der Waals surface area contributed by atoms with Gasteiger partial charge in [0.2, 0.25) is 11.8 Å². The molecule has 0 spiro atoms. The summed E-state index contributed by atoms with van der Waals surface area (Å²) in [4.78, 5) is 0. The fraction of sp³-hybridized carbons (Fsp3) is 0.385. The van der Waals surface area contributed by atoms with Crippen LogP contribution in [-0.2, 0) is 0 Å². The number of methoxy groups -OCH3 is 1. The Hall–Kier alpha value is -1.88. The number of benzene rings is 1. The lowest BCUT2D eigenvalue weighted by Gasteiger charge is -2.03. The van der Waals surface area contributed by atoms with Crippen molar-refractivity contribution in [3.8, 4) is 17.2 Å². The van der Waals surface area contributed by atoms with E-state index in [1.54, 1.807) is 7.11 Å².